The minimum absolute atomic E-state index is 0.00377. The second kappa shape index (κ2) is 38.6. The van der Waals surface area contributed by atoms with Crippen LogP contribution >= 0.6 is 0 Å². The molecule has 0 aromatic carbocycles. The number of methoxy groups -OCH3 is 2. The van der Waals surface area contributed by atoms with Crippen LogP contribution in [0, 0.1) is 23.7 Å². The lowest BCUT2D eigenvalue weighted by Crippen LogP contribution is -2.51. The zero-order valence-electron chi connectivity index (χ0n) is 46.8. The standard InChI is InChI=1S/C27H42N6O8.C13H26N2O3.C8H15N.C3H8.CH3NO/c1-20(26(38-3)23-5-4-9-31(23)19-34)21(2)27(37)28-8-11-39-13-15-41-16-14-40-12-10-32-17-22(29-30-32)18-33-24(35)6-7-25(33)36;1-6-10(3)13(11(7-2)18-5)15(4)12(17)8-14-9-16;1-6-7-3-4-8(5-7)9(6)2;1-3-2;2-1-3/h6-7,17,19-21,23,26H,4-5,8-16,18H2,1-3H3,(H,28,37);9-11,13H,6-8H2,1-5H3,(H,14,16);6-8H,3-5H2,1-2H3;3H2,1-2H3;1H,(H2,2,3)/t20?,21-,23?,26?;;;;/m1..../s1. The molecule has 1 aromatic rings. The lowest BCUT2D eigenvalue weighted by atomic mass is 9.85. The molecule has 1 aliphatic carbocycles. The van der Waals surface area contributed by atoms with Crippen LogP contribution in [0.2, 0.25) is 0 Å². The summed E-state index contributed by atoms with van der Waals surface area (Å²) in [6.07, 6.45) is 15.0. The summed E-state index contributed by atoms with van der Waals surface area (Å²) >= 11 is 0. The highest BCUT2D eigenvalue weighted by molar-refractivity contribution is 6.12. The summed E-state index contributed by atoms with van der Waals surface area (Å²) in [5, 5.41) is 13.3. The van der Waals surface area contributed by atoms with E-state index in [9.17, 15) is 28.8 Å². The van der Waals surface area contributed by atoms with Gasteiger partial charge in [-0.25, -0.2) is 4.68 Å². The molecule has 5 rings (SSSR count). The minimum atomic E-state index is -0.356. The van der Waals surface area contributed by atoms with Crippen LogP contribution in [-0.2, 0) is 70.3 Å². The number of primary amides is 1. The number of carbonyl (C=O) groups is 7. The molecule has 4 aliphatic rings. The third-order valence-electron chi connectivity index (χ3n) is 14.2. The Kier molecular flexibility index (Phi) is 35.1. The molecule has 4 N–H and O–H groups in total. The van der Waals surface area contributed by atoms with E-state index >= 15 is 0 Å². The first-order valence-corrected chi connectivity index (χ1v) is 26.5. The third-order valence-corrected chi connectivity index (χ3v) is 14.2. The number of fused-ring (bicyclic) bond motifs is 2. The van der Waals surface area contributed by atoms with Crippen LogP contribution in [0.4, 0.5) is 0 Å². The predicted octanol–water partition coefficient (Wildman–Crippen LogP) is 2.81. The number of likely N-dealkylation sites (N-methyl/N-ethyl adjacent to an activating group) is 1. The van der Waals surface area contributed by atoms with E-state index in [0.717, 1.165) is 61.5 Å². The summed E-state index contributed by atoms with van der Waals surface area (Å²) in [4.78, 5) is 85.1. The number of piperidine rings is 1. The first-order valence-electron chi connectivity index (χ1n) is 26.5. The molecule has 2 saturated heterocycles. The van der Waals surface area contributed by atoms with Gasteiger partial charge in [0.25, 0.3) is 11.8 Å². The summed E-state index contributed by atoms with van der Waals surface area (Å²) in [7, 11) is 7.35. The van der Waals surface area contributed by atoms with Crippen molar-refractivity contribution in [2.45, 2.75) is 156 Å². The van der Waals surface area contributed by atoms with Gasteiger partial charge in [-0.3, -0.25) is 38.5 Å². The molecule has 424 valence electrons. The highest BCUT2D eigenvalue weighted by Crippen LogP contribution is 2.40. The lowest BCUT2D eigenvalue weighted by molar-refractivity contribution is -0.138. The van der Waals surface area contributed by atoms with Crippen molar-refractivity contribution in [1.82, 2.24) is 45.2 Å². The summed E-state index contributed by atoms with van der Waals surface area (Å²) < 4.78 is 29.3. The molecule has 3 fully saturated rings. The third kappa shape index (κ3) is 22.9. The maximum atomic E-state index is 12.6. The predicted molar refractivity (Wildman–Crippen MR) is 281 cm³/mol. The molecule has 22 nitrogen and oxygen atoms in total. The number of rotatable bonds is 29. The van der Waals surface area contributed by atoms with E-state index in [1.807, 2.05) is 20.8 Å². The van der Waals surface area contributed by atoms with Gasteiger partial charge in [0.15, 0.2) is 0 Å². The first-order chi connectivity index (χ1) is 35.5. The van der Waals surface area contributed by atoms with Gasteiger partial charge in [-0.15, -0.1) is 5.10 Å². The molecule has 3 aliphatic heterocycles. The monoisotopic (exact) mass is 1050 g/mol. The maximum Gasteiger partial charge on any atom is 0.253 e. The Balaban J connectivity index is 0.000000672. The van der Waals surface area contributed by atoms with E-state index < -0.39 is 0 Å². The van der Waals surface area contributed by atoms with E-state index in [-0.39, 0.29) is 79.3 Å². The van der Waals surface area contributed by atoms with Crippen LogP contribution in [-0.4, -0.2) is 201 Å². The molecule has 2 bridgehead atoms. The second-order valence-electron chi connectivity index (χ2n) is 19.1. The van der Waals surface area contributed by atoms with Gasteiger partial charge in [0.1, 0.15) is 5.69 Å². The van der Waals surface area contributed by atoms with Crippen molar-refractivity contribution in [2.75, 3.05) is 87.6 Å². The molecule has 22 heteroatoms. The van der Waals surface area contributed by atoms with Crippen molar-refractivity contribution in [2.24, 2.45) is 29.4 Å². The van der Waals surface area contributed by atoms with Crippen molar-refractivity contribution < 1.29 is 57.2 Å². The molecule has 1 aromatic heterocycles. The van der Waals surface area contributed by atoms with Crippen LogP contribution in [0.5, 0.6) is 0 Å². The van der Waals surface area contributed by atoms with Crippen molar-refractivity contribution in [3.63, 3.8) is 0 Å². The van der Waals surface area contributed by atoms with Crippen molar-refractivity contribution in [3.8, 4) is 0 Å². The summed E-state index contributed by atoms with van der Waals surface area (Å²) in [6.45, 7) is 20.9. The molecule has 0 radical (unpaired) electrons. The van der Waals surface area contributed by atoms with E-state index in [4.69, 9.17) is 28.5 Å². The van der Waals surface area contributed by atoms with Gasteiger partial charge in [0.2, 0.25) is 31.0 Å². The SMILES string of the molecule is CC1C2CCC(C2)N1C.CCC.CCC(C)C(C(CC)OC)N(C)C(=O)CNC=O.COC(C(C)[C@@H](C)C(=O)NCCOCCOCCOCCn1cc(CN2C(=O)C=CC2=O)nn1)C1CCCN1C=O.NC=O. The number of imide groups is 1. The highest BCUT2D eigenvalue weighted by Gasteiger charge is 2.41. The maximum absolute atomic E-state index is 12.6. The number of aromatic nitrogens is 3. The number of amides is 7. The molecule has 0 spiro atoms. The molecule has 1 saturated carbocycles. The lowest BCUT2D eigenvalue weighted by Gasteiger charge is -2.37. The number of nitrogens with zero attached hydrogens (tertiary/aromatic N) is 7. The fourth-order valence-corrected chi connectivity index (χ4v) is 9.59. The van der Waals surface area contributed by atoms with E-state index in [1.165, 1.54) is 37.8 Å². The average Bonchev–Trinajstić information content (AvgIpc) is 4.27. The molecule has 7 amide bonds. The molecule has 4 heterocycles. The summed E-state index contributed by atoms with van der Waals surface area (Å²) in [5.41, 5.74) is 4.69. The van der Waals surface area contributed by atoms with Crippen molar-refractivity contribution in [3.05, 3.63) is 24.0 Å². The van der Waals surface area contributed by atoms with Gasteiger partial charge < -0.3 is 54.8 Å². The summed E-state index contributed by atoms with van der Waals surface area (Å²) in [5.74, 6) is 0.196. The summed E-state index contributed by atoms with van der Waals surface area (Å²) in [6, 6.07) is 1.86. The van der Waals surface area contributed by atoms with Gasteiger partial charge >= 0.3 is 0 Å². The minimum Gasteiger partial charge on any atom is -0.379 e. The van der Waals surface area contributed by atoms with E-state index in [0.29, 0.717) is 70.8 Å². The zero-order chi connectivity index (χ0) is 55.6. The van der Waals surface area contributed by atoms with Crippen LogP contribution < -0.4 is 16.4 Å². The van der Waals surface area contributed by atoms with Gasteiger partial charge in [-0.1, -0.05) is 66.5 Å². The van der Waals surface area contributed by atoms with Gasteiger partial charge in [0, 0.05) is 64.5 Å². The Morgan fingerprint density at radius 3 is 2.01 bits per heavy atom. The largest absolute Gasteiger partial charge is 0.379 e. The number of carbonyl (C=O) groups excluding carboxylic acids is 7. The van der Waals surface area contributed by atoms with Gasteiger partial charge in [-0.2, -0.15) is 0 Å². The average molecular weight is 1050 g/mol. The van der Waals surface area contributed by atoms with Crippen LogP contribution in [0.3, 0.4) is 0 Å². The van der Waals surface area contributed by atoms with Crippen LogP contribution in [0.1, 0.15) is 112 Å². The fourth-order valence-electron chi connectivity index (χ4n) is 9.59. The Hall–Kier alpha value is -4.87. The number of nitrogens with one attached hydrogen (secondary N) is 2. The molecular weight excluding hydrogens is 957 g/mol. The molecular formula is C52H94N10O12. The number of nitrogens with two attached hydrogens (primary N) is 1. The first kappa shape index (κ1) is 67.1. The van der Waals surface area contributed by atoms with Gasteiger partial charge in [-0.05, 0) is 70.3 Å². The fraction of sp³-hybridized carbons (Fsp3) is 0.788. The molecule has 74 heavy (non-hydrogen) atoms. The smallest absolute Gasteiger partial charge is 0.253 e. The Morgan fingerprint density at radius 2 is 1.51 bits per heavy atom. The van der Waals surface area contributed by atoms with Crippen LogP contribution in [0.15, 0.2) is 18.3 Å². The van der Waals surface area contributed by atoms with Crippen molar-refractivity contribution >= 4 is 42.9 Å². The van der Waals surface area contributed by atoms with Crippen molar-refractivity contribution in [1.29, 1.82) is 0 Å². The number of hydrogen-bond donors (Lipinski definition) is 3. The van der Waals surface area contributed by atoms with E-state index in [1.54, 1.807) is 41.9 Å². The number of hydrogen-bond acceptors (Lipinski definition) is 15. The number of likely N-dealkylation sites (tertiary alicyclic amines) is 2. The Morgan fingerprint density at radius 1 is 0.905 bits per heavy atom. The normalized spacial score (nSPS) is 21.0. The second-order valence-corrected chi connectivity index (χ2v) is 19.1. The Labute approximate surface area is 441 Å². The van der Waals surface area contributed by atoms with E-state index in [2.05, 4.69) is 73.2 Å². The molecule has 9 unspecified atom stereocenters. The van der Waals surface area contributed by atoms with Crippen LogP contribution in [0.25, 0.3) is 0 Å². The Bertz CT molecular complexity index is 1750. The van der Waals surface area contributed by atoms with Gasteiger partial charge in [0.05, 0.1) is 89.8 Å². The topological polar surface area (TPSA) is 259 Å². The molecule has 10 atom stereocenters. The highest BCUT2D eigenvalue weighted by atomic mass is 16.5. The zero-order valence-corrected chi connectivity index (χ0v) is 46.8. The quantitative estimate of drug-likeness (QED) is 0.0592. The number of ether oxygens (including phenoxy) is 5.